The van der Waals surface area contributed by atoms with Gasteiger partial charge >= 0.3 is 0 Å². The maximum absolute atomic E-state index is 5.96. The van der Waals surface area contributed by atoms with Crippen molar-refractivity contribution in [1.82, 2.24) is 20.0 Å². The third-order valence-corrected chi connectivity index (χ3v) is 4.08. The van der Waals surface area contributed by atoms with Crippen LogP contribution in [-0.4, -0.2) is 45.8 Å². The maximum Gasteiger partial charge on any atom is 0.252 e. The lowest BCUT2D eigenvalue weighted by molar-refractivity contribution is -0.0168. The molecule has 130 valence electrons. The largest absolute Gasteiger partial charge is 0.368 e. The molecule has 2 aromatic rings. The van der Waals surface area contributed by atoms with E-state index in [1.165, 1.54) is 0 Å². The van der Waals surface area contributed by atoms with Crippen LogP contribution in [0.5, 0.6) is 0 Å². The molecule has 1 fully saturated rings. The van der Waals surface area contributed by atoms with Crippen LogP contribution in [-0.2, 0) is 11.3 Å². The summed E-state index contributed by atoms with van der Waals surface area (Å²) >= 11 is 0. The third kappa shape index (κ3) is 4.85. The number of pyridine rings is 1. The fourth-order valence-electron chi connectivity index (χ4n) is 3.03. The van der Waals surface area contributed by atoms with Crippen LogP contribution in [0.25, 0.3) is 11.4 Å². The highest BCUT2D eigenvalue weighted by atomic mass is 16.5. The highest BCUT2D eigenvalue weighted by Gasteiger charge is 2.23. The Morgan fingerprint density at radius 1 is 1.21 bits per heavy atom. The van der Waals surface area contributed by atoms with E-state index in [4.69, 9.17) is 9.26 Å². The van der Waals surface area contributed by atoms with Crippen molar-refractivity contribution in [2.45, 2.75) is 46.3 Å². The Bertz CT molecular complexity index is 628. The second kappa shape index (κ2) is 7.40. The lowest BCUT2D eigenvalue weighted by Gasteiger charge is -2.35. The van der Waals surface area contributed by atoms with Gasteiger partial charge in [0.05, 0.1) is 6.10 Å². The van der Waals surface area contributed by atoms with E-state index >= 15 is 0 Å². The van der Waals surface area contributed by atoms with Crippen LogP contribution < -0.4 is 0 Å². The second-order valence-corrected chi connectivity index (χ2v) is 7.59. The zero-order valence-electron chi connectivity index (χ0n) is 14.7. The summed E-state index contributed by atoms with van der Waals surface area (Å²) in [6, 6.07) is 3.72. The first kappa shape index (κ1) is 17.0. The molecule has 3 heterocycles. The predicted molar refractivity (Wildman–Crippen MR) is 91.2 cm³/mol. The van der Waals surface area contributed by atoms with Crippen molar-refractivity contribution in [3.63, 3.8) is 0 Å². The summed E-state index contributed by atoms with van der Waals surface area (Å²) in [5, 5.41) is 4.00. The summed E-state index contributed by atoms with van der Waals surface area (Å²) in [6.07, 6.45) is 5.82. The molecule has 3 rings (SSSR count). The van der Waals surface area contributed by atoms with Gasteiger partial charge in [-0.2, -0.15) is 4.98 Å². The molecule has 0 unspecified atom stereocenters. The van der Waals surface area contributed by atoms with Crippen LogP contribution in [0, 0.1) is 5.41 Å². The monoisotopic (exact) mass is 330 g/mol. The number of rotatable bonds is 5. The number of nitrogens with zero attached hydrogens (tertiary/aromatic N) is 4. The Balaban J connectivity index is 1.45. The molecule has 0 amide bonds. The number of piperidine rings is 1. The molecule has 1 aliphatic rings. The van der Waals surface area contributed by atoms with Crippen molar-refractivity contribution in [1.29, 1.82) is 0 Å². The number of aromatic nitrogens is 3. The topological polar surface area (TPSA) is 64.3 Å². The molecule has 0 spiro atoms. The van der Waals surface area contributed by atoms with Gasteiger partial charge in [-0.25, -0.2) is 0 Å². The van der Waals surface area contributed by atoms with Gasteiger partial charge in [0.2, 0.25) is 5.82 Å². The molecule has 0 N–H and O–H groups in total. The Morgan fingerprint density at radius 2 is 1.92 bits per heavy atom. The molecule has 2 aromatic heterocycles. The van der Waals surface area contributed by atoms with Gasteiger partial charge in [0.1, 0.15) is 6.61 Å². The first-order valence-electron chi connectivity index (χ1n) is 8.56. The van der Waals surface area contributed by atoms with E-state index in [1.807, 2.05) is 12.1 Å². The fraction of sp³-hybridized carbons (Fsp3) is 0.611. The Hall–Kier alpha value is -1.79. The predicted octanol–water partition coefficient (Wildman–Crippen LogP) is 3.16. The molecule has 0 radical (unpaired) electrons. The van der Waals surface area contributed by atoms with Crippen molar-refractivity contribution in [3.05, 3.63) is 30.4 Å². The van der Waals surface area contributed by atoms with Gasteiger partial charge in [-0.15, -0.1) is 0 Å². The SMILES string of the molecule is CC(C)(C)CN1CCC(OCc2nc(-c3ccncc3)no2)CC1. The molecular weight excluding hydrogens is 304 g/mol. The minimum absolute atomic E-state index is 0.275. The average molecular weight is 330 g/mol. The summed E-state index contributed by atoms with van der Waals surface area (Å²) in [5.74, 6) is 1.11. The zero-order valence-corrected chi connectivity index (χ0v) is 14.7. The molecule has 0 bridgehead atoms. The summed E-state index contributed by atoms with van der Waals surface area (Å²) in [4.78, 5) is 10.9. The molecule has 0 aromatic carbocycles. The van der Waals surface area contributed by atoms with Crippen molar-refractivity contribution in [2.75, 3.05) is 19.6 Å². The summed E-state index contributed by atoms with van der Waals surface area (Å²) < 4.78 is 11.2. The van der Waals surface area contributed by atoms with E-state index in [0.29, 0.717) is 23.7 Å². The Labute approximate surface area is 143 Å². The van der Waals surface area contributed by atoms with E-state index in [2.05, 4.69) is 40.8 Å². The van der Waals surface area contributed by atoms with E-state index in [9.17, 15) is 0 Å². The first-order chi connectivity index (χ1) is 11.5. The van der Waals surface area contributed by atoms with Gasteiger partial charge in [0.25, 0.3) is 5.89 Å². The molecule has 0 saturated carbocycles. The number of hydrogen-bond acceptors (Lipinski definition) is 6. The molecule has 6 heteroatoms. The van der Waals surface area contributed by atoms with Crippen LogP contribution >= 0.6 is 0 Å². The normalized spacial score (nSPS) is 17.3. The average Bonchev–Trinajstić information content (AvgIpc) is 3.03. The van der Waals surface area contributed by atoms with Gasteiger partial charge < -0.3 is 14.2 Å². The van der Waals surface area contributed by atoms with Gasteiger partial charge in [-0.3, -0.25) is 4.98 Å². The van der Waals surface area contributed by atoms with Crippen molar-refractivity contribution in [3.8, 4) is 11.4 Å². The lowest BCUT2D eigenvalue weighted by Crippen LogP contribution is -2.41. The van der Waals surface area contributed by atoms with Crippen molar-refractivity contribution >= 4 is 0 Å². The minimum Gasteiger partial charge on any atom is -0.368 e. The summed E-state index contributed by atoms with van der Waals surface area (Å²) in [5.41, 5.74) is 1.25. The molecule has 24 heavy (non-hydrogen) atoms. The number of likely N-dealkylation sites (tertiary alicyclic amines) is 1. The minimum atomic E-state index is 0.275. The van der Waals surface area contributed by atoms with Gasteiger partial charge in [0.15, 0.2) is 0 Å². The van der Waals surface area contributed by atoms with Crippen LogP contribution in [0.1, 0.15) is 39.5 Å². The maximum atomic E-state index is 5.96. The molecule has 1 aliphatic heterocycles. The molecular formula is C18H26N4O2. The van der Waals surface area contributed by atoms with Gasteiger partial charge in [-0.1, -0.05) is 25.9 Å². The molecule has 1 saturated heterocycles. The highest BCUT2D eigenvalue weighted by Crippen LogP contribution is 2.21. The van der Waals surface area contributed by atoms with Crippen molar-refractivity contribution < 1.29 is 9.26 Å². The molecule has 0 aliphatic carbocycles. The van der Waals surface area contributed by atoms with E-state index in [1.54, 1.807) is 12.4 Å². The summed E-state index contributed by atoms with van der Waals surface area (Å²) in [7, 11) is 0. The first-order valence-corrected chi connectivity index (χ1v) is 8.56. The number of ether oxygens (including phenoxy) is 1. The smallest absolute Gasteiger partial charge is 0.252 e. The third-order valence-electron chi connectivity index (χ3n) is 4.08. The molecule has 6 nitrogen and oxygen atoms in total. The Kier molecular flexibility index (Phi) is 5.26. The quantitative estimate of drug-likeness (QED) is 0.839. The van der Waals surface area contributed by atoms with E-state index in [0.717, 1.165) is 38.0 Å². The zero-order chi connectivity index (χ0) is 17.0. The van der Waals surface area contributed by atoms with Crippen LogP contribution in [0.3, 0.4) is 0 Å². The molecule has 0 atom stereocenters. The van der Waals surface area contributed by atoms with Crippen LogP contribution in [0.2, 0.25) is 0 Å². The van der Waals surface area contributed by atoms with Crippen LogP contribution in [0.15, 0.2) is 29.0 Å². The van der Waals surface area contributed by atoms with Crippen molar-refractivity contribution in [2.24, 2.45) is 5.41 Å². The Morgan fingerprint density at radius 3 is 2.58 bits per heavy atom. The van der Waals surface area contributed by atoms with Crippen LogP contribution in [0.4, 0.5) is 0 Å². The second-order valence-electron chi connectivity index (χ2n) is 7.59. The van der Waals surface area contributed by atoms with Gasteiger partial charge in [0, 0.05) is 37.6 Å². The van der Waals surface area contributed by atoms with E-state index in [-0.39, 0.29) is 6.10 Å². The number of hydrogen-bond donors (Lipinski definition) is 0. The van der Waals surface area contributed by atoms with Gasteiger partial charge in [-0.05, 0) is 30.4 Å². The highest BCUT2D eigenvalue weighted by molar-refractivity contribution is 5.52. The van der Waals surface area contributed by atoms with E-state index < -0.39 is 0 Å². The standard InChI is InChI=1S/C18H26N4O2/c1-18(2,3)13-22-10-6-15(7-11-22)23-12-16-20-17(21-24-16)14-4-8-19-9-5-14/h4-5,8-9,15H,6-7,10-13H2,1-3H3. The summed E-state index contributed by atoms with van der Waals surface area (Å²) in [6.45, 7) is 10.5. The lowest BCUT2D eigenvalue weighted by atomic mass is 9.94. The fourth-order valence-corrected chi connectivity index (χ4v) is 3.03.